The molecule has 2 aromatic carbocycles. The Morgan fingerprint density at radius 2 is 1.50 bits per heavy atom. The zero-order chi connectivity index (χ0) is 29.3. The second-order valence-electron chi connectivity index (χ2n) is 12.8. The number of aromatic nitrogens is 2. The van der Waals surface area contributed by atoms with Gasteiger partial charge in [0.2, 0.25) is 11.7 Å². The highest BCUT2D eigenvalue weighted by Crippen LogP contribution is 2.61. The quantitative estimate of drug-likeness (QED) is 0.201. The second-order valence-corrected chi connectivity index (χ2v) is 12.8. The van der Waals surface area contributed by atoms with E-state index in [1.165, 1.54) is 19.3 Å². The molecule has 1 aromatic heterocycles. The number of aryl methyl sites for hydroxylation is 2. The van der Waals surface area contributed by atoms with Gasteiger partial charge < -0.3 is 10.4 Å². The summed E-state index contributed by atoms with van der Waals surface area (Å²) in [5.41, 5.74) is 3.52. The van der Waals surface area contributed by atoms with Crippen molar-refractivity contribution in [2.45, 2.75) is 70.8 Å². The monoisotopic (exact) mass is 583 g/mol. The van der Waals surface area contributed by atoms with E-state index in [2.05, 4.69) is 5.32 Å². The molecule has 1 amide bonds. The largest absolute Gasteiger partial charge is 0.392 e. The van der Waals surface area contributed by atoms with E-state index in [1.807, 2.05) is 18.2 Å². The molecular formula is C32H30F5N3O2. The first-order valence-corrected chi connectivity index (χ1v) is 14.6. The molecule has 5 nitrogen and oxygen atoms in total. The molecule has 0 saturated heterocycles. The molecule has 0 spiro atoms. The standard InChI is InChI=1S/C32H30F5N3O2/c33-25-21(26(34)28(36)29(37)27(25)35)9-24(42)40-31-23(13-32-10-16-5-17(11-32)7-18(6-16)12-32)38-30-20-3-1-15(14-41)8-19(20)2-4-22(30)39-31/h1,3,8,16-18,41H,2,4-7,9-14H2,(H,39,40,42). The number of fused-ring (bicyclic) bond motifs is 3. The third kappa shape index (κ3) is 4.58. The number of carbonyl (C=O) groups is 1. The van der Waals surface area contributed by atoms with Crippen LogP contribution in [0.1, 0.15) is 66.6 Å². The first-order valence-electron chi connectivity index (χ1n) is 14.6. The average molecular weight is 584 g/mol. The zero-order valence-corrected chi connectivity index (χ0v) is 22.9. The van der Waals surface area contributed by atoms with Gasteiger partial charge in [0.05, 0.1) is 30.1 Å². The molecule has 4 bridgehead atoms. The number of nitrogens with one attached hydrogen (secondary N) is 1. The summed E-state index contributed by atoms with van der Waals surface area (Å²) in [6.45, 7) is -0.0723. The molecular weight excluding hydrogens is 553 g/mol. The Labute approximate surface area is 239 Å². The van der Waals surface area contributed by atoms with E-state index in [0.29, 0.717) is 54.1 Å². The maximum atomic E-state index is 14.3. The highest BCUT2D eigenvalue weighted by molar-refractivity contribution is 5.92. The number of hydrogen-bond acceptors (Lipinski definition) is 4. The van der Waals surface area contributed by atoms with Crippen LogP contribution in [0, 0.1) is 52.3 Å². The maximum absolute atomic E-state index is 14.3. The van der Waals surface area contributed by atoms with Gasteiger partial charge in [0.15, 0.2) is 29.1 Å². The van der Waals surface area contributed by atoms with E-state index in [4.69, 9.17) is 9.97 Å². The van der Waals surface area contributed by atoms with Crippen LogP contribution in [0.4, 0.5) is 27.8 Å². The van der Waals surface area contributed by atoms with Crippen molar-refractivity contribution >= 4 is 11.7 Å². The van der Waals surface area contributed by atoms with Crippen molar-refractivity contribution in [1.82, 2.24) is 9.97 Å². The van der Waals surface area contributed by atoms with E-state index >= 15 is 0 Å². The first kappa shape index (κ1) is 27.4. The van der Waals surface area contributed by atoms with Crippen molar-refractivity contribution in [1.29, 1.82) is 0 Å². The SMILES string of the molecule is O=C(Cc1c(F)c(F)c(F)c(F)c1F)Nc1nc2c(nc1CC13CC4CC(CC(C4)C1)C3)-c1ccc(CO)cc1CC2. The summed E-state index contributed by atoms with van der Waals surface area (Å²) >= 11 is 0. The van der Waals surface area contributed by atoms with Crippen molar-refractivity contribution in [2.75, 3.05) is 5.32 Å². The lowest BCUT2D eigenvalue weighted by molar-refractivity contribution is -0.115. The summed E-state index contributed by atoms with van der Waals surface area (Å²) in [5, 5.41) is 12.2. The second kappa shape index (κ2) is 10.1. The Bertz CT molecular complexity index is 1560. The Balaban J connectivity index is 1.25. The van der Waals surface area contributed by atoms with Crippen molar-refractivity contribution in [3.05, 3.63) is 75.4 Å². The highest BCUT2D eigenvalue weighted by Gasteiger charge is 2.51. The summed E-state index contributed by atoms with van der Waals surface area (Å²) in [6.07, 6.45) is 7.70. The van der Waals surface area contributed by atoms with Gasteiger partial charge in [-0.2, -0.15) is 0 Å². The normalized spacial score (nSPS) is 25.3. The fourth-order valence-electron chi connectivity index (χ4n) is 8.56. The van der Waals surface area contributed by atoms with Crippen LogP contribution in [0.25, 0.3) is 11.3 Å². The Hall–Kier alpha value is -3.40. The molecule has 1 heterocycles. The van der Waals surface area contributed by atoms with Gasteiger partial charge in [-0.05, 0) is 92.1 Å². The molecule has 0 atom stereocenters. The minimum absolute atomic E-state index is 0.0246. The Kier molecular flexibility index (Phi) is 6.60. The average Bonchev–Trinajstić information content (AvgIpc) is 2.96. The number of aliphatic hydroxyl groups excluding tert-OH is 1. The molecule has 2 N–H and O–H groups in total. The van der Waals surface area contributed by atoms with Crippen LogP contribution in [0.2, 0.25) is 0 Å². The van der Waals surface area contributed by atoms with Gasteiger partial charge in [0.1, 0.15) is 0 Å². The lowest BCUT2D eigenvalue weighted by atomic mass is 9.48. The van der Waals surface area contributed by atoms with E-state index < -0.39 is 47.0 Å². The predicted octanol–water partition coefficient (Wildman–Crippen LogP) is 6.37. The Morgan fingerprint density at radius 1 is 0.881 bits per heavy atom. The minimum atomic E-state index is -2.26. The fraction of sp³-hybridized carbons (Fsp3) is 0.469. The van der Waals surface area contributed by atoms with E-state index in [0.717, 1.165) is 36.0 Å². The van der Waals surface area contributed by atoms with Crippen molar-refractivity contribution < 1.29 is 31.9 Å². The van der Waals surface area contributed by atoms with Gasteiger partial charge in [-0.15, -0.1) is 0 Å². The van der Waals surface area contributed by atoms with Gasteiger partial charge in [-0.25, -0.2) is 31.9 Å². The number of amides is 1. The molecule has 5 aliphatic carbocycles. The lowest BCUT2D eigenvalue weighted by Crippen LogP contribution is -2.47. The van der Waals surface area contributed by atoms with Crippen LogP contribution in [-0.4, -0.2) is 21.0 Å². The summed E-state index contributed by atoms with van der Waals surface area (Å²) in [5.74, 6) is -9.23. The van der Waals surface area contributed by atoms with Crippen molar-refractivity contribution in [3.63, 3.8) is 0 Å². The van der Waals surface area contributed by atoms with Crippen LogP contribution in [0.15, 0.2) is 18.2 Å². The van der Waals surface area contributed by atoms with E-state index in [9.17, 15) is 31.9 Å². The third-order valence-corrected chi connectivity index (χ3v) is 9.88. The van der Waals surface area contributed by atoms with Crippen LogP contribution >= 0.6 is 0 Å². The molecule has 42 heavy (non-hydrogen) atoms. The number of nitrogens with zero attached hydrogens (tertiary/aromatic N) is 2. The summed E-state index contributed by atoms with van der Waals surface area (Å²) in [6, 6.07) is 5.72. The number of benzene rings is 2. The molecule has 3 aromatic rings. The Morgan fingerprint density at radius 3 is 2.12 bits per heavy atom. The molecule has 0 unspecified atom stereocenters. The lowest BCUT2D eigenvalue weighted by Gasteiger charge is -2.57. The van der Waals surface area contributed by atoms with Crippen molar-refractivity contribution in [2.24, 2.45) is 23.2 Å². The van der Waals surface area contributed by atoms with Crippen LogP contribution in [-0.2, 0) is 37.1 Å². The molecule has 0 aliphatic heterocycles. The molecule has 0 radical (unpaired) electrons. The summed E-state index contributed by atoms with van der Waals surface area (Å²) < 4.78 is 69.8. The number of carbonyl (C=O) groups excluding carboxylic acids is 1. The molecule has 8 rings (SSSR count). The molecule has 10 heteroatoms. The van der Waals surface area contributed by atoms with Crippen LogP contribution < -0.4 is 5.32 Å². The number of rotatable bonds is 6. The van der Waals surface area contributed by atoms with E-state index in [-0.39, 0.29) is 17.8 Å². The molecule has 4 fully saturated rings. The predicted molar refractivity (Wildman–Crippen MR) is 144 cm³/mol. The maximum Gasteiger partial charge on any atom is 0.230 e. The van der Waals surface area contributed by atoms with Crippen LogP contribution in [0.5, 0.6) is 0 Å². The van der Waals surface area contributed by atoms with Gasteiger partial charge in [0, 0.05) is 11.1 Å². The van der Waals surface area contributed by atoms with Crippen LogP contribution in [0.3, 0.4) is 0 Å². The van der Waals surface area contributed by atoms with Gasteiger partial charge >= 0.3 is 0 Å². The summed E-state index contributed by atoms with van der Waals surface area (Å²) in [7, 11) is 0. The summed E-state index contributed by atoms with van der Waals surface area (Å²) in [4.78, 5) is 22.9. The highest BCUT2D eigenvalue weighted by atomic mass is 19.2. The number of halogens is 5. The minimum Gasteiger partial charge on any atom is -0.392 e. The van der Waals surface area contributed by atoms with Gasteiger partial charge in [-0.3, -0.25) is 4.79 Å². The number of anilines is 1. The van der Waals surface area contributed by atoms with E-state index in [1.54, 1.807) is 0 Å². The topological polar surface area (TPSA) is 75.1 Å². The first-order chi connectivity index (χ1) is 20.1. The molecule has 5 aliphatic rings. The van der Waals surface area contributed by atoms with Gasteiger partial charge in [0.25, 0.3) is 0 Å². The van der Waals surface area contributed by atoms with Gasteiger partial charge in [-0.1, -0.05) is 18.2 Å². The number of hydrogen-bond donors (Lipinski definition) is 2. The smallest absolute Gasteiger partial charge is 0.230 e. The number of aliphatic hydroxyl groups is 1. The zero-order valence-electron chi connectivity index (χ0n) is 22.9. The fourth-order valence-corrected chi connectivity index (χ4v) is 8.56. The van der Waals surface area contributed by atoms with Crippen molar-refractivity contribution in [3.8, 4) is 11.3 Å². The molecule has 220 valence electrons. The molecule has 4 saturated carbocycles. The third-order valence-electron chi connectivity index (χ3n) is 9.88.